The monoisotopic (exact) mass is 589 g/mol. The normalized spacial score (nSPS) is 15.2. The predicted molar refractivity (Wildman–Crippen MR) is 156 cm³/mol. The Bertz CT molecular complexity index is 1190. The third kappa shape index (κ3) is 12.7. The van der Waals surface area contributed by atoms with Crippen molar-refractivity contribution < 1.29 is 32.6 Å². The molecule has 0 bridgehead atoms. The smallest absolute Gasteiger partial charge is 0.426 e. The van der Waals surface area contributed by atoms with Crippen LogP contribution in [0.2, 0.25) is 0 Å². The first kappa shape index (κ1) is 33.7. The highest BCUT2D eigenvalue weighted by atomic mass is 32.2. The maximum atomic E-state index is 12.0. The Morgan fingerprint density at radius 2 is 1.61 bits per heavy atom. The van der Waals surface area contributed by atoms with Crippen molar-refractivity contribution in [1.82, 2.24) is 16.0 Å². The van der Waals surface area contributed by atoms with Crippen LogP contribution in [0.5, 0.6) is 0 Å². The summed E-state index contributed by atoms with van der Waals surface area (Å²) in [4.78, 5) is 22.0. The molecule has 12 nitrogen and oxygen atoms in total. The number of nitrogens with two attached hydrogens (primary N) is 1. The lowest BCUT2D eigenvalue weighted by atomic mass is 9.77. The van der Waals surface area contributed by atoms with Gasteiger partial charge in [-0.25, -0.2) is 0 Å². The first-order chi connectivity index (χ1) is 19.5. The van der Waals surface area contributed by atoms with Crippen LogP contribution < -0.4 is 21.7 Å². The van der Waals surface area contributed by atoms with Crippen molar-refractivity contribution in [2.24, 2.45) is 11.7 Å². The lowest BCUT2D eigenvalue weighted by molar-refractivity contribution is -0.125. The largest absolute Gasteiger partial charge is 0.475 e. The molecule has 2 aromatic carbocycles. The standard InChI is InChI=1S/C15H19NO.C6H15BN4O3.C6H6O3S/c17-15(11-5-1-2-6-11)16-14-9-12-7-3-4-8-13(12)10-14;8-6(9)10-3-1-2-5(7(13)14)11-4-12;7-10(8,9)6-4-2-1-3-5-6/h3-4,7-8,11,14H,1-2,5-6,9-10H2,(H,16,17);4-5,13-14H,1-3H2,(H,11,12)(H4,8,9,10);1-5H,(H,7,8,9). The topological polar surface area (TPSA) is 215 Å². The molecular formula is C27H40BN5O7S. The minimum Gasteiger partial charge on any atom is -0.426 e. The Hall–Kier alpha value is -3.46. The first-order valence-electron chi connectivity index (χ1n) is 13.5. The van der Waals surface area contributed by atoms with Crippen molar-refractivity contribution >= 4 is 35.5 Å². The molecule has 0 aliphatic heterocycles. The Kier molecular flexibility index (Phi) is 14.3. The van der Waals surface area contributed by atoms with E-state index in [4.69, 9.17) is 25.7 Å². The summed E-state index contributed by atoms with van der Waals surface area (Å²) in [5, 5.41) is 32.5. The lowest BCUT2D eigenvalue weighted by Crippen LogP contribution is -2.43. The second-order valence-electron chi connectivity index (χ2n) is 9.94. The van der Waals surface area contributed by atoms with E-state index in [1.165, 1.54) is 36.1 Å². The second kappa shape index (κ2) is 17.4. The molecule has 1 atom stereocenters. The fraction of sp³-hybridized carbons (Fsp3) is 0.444. The summed E-state index contributed by atoms with van der Waals surface area (Å²) in [6.45, 7) is 0.457. The number of benzene rings is 2. The molecule has 1 unspecified atom stereocenters. The van der Waals surface area contributed by atoms with Crippen LogP contribution >= 0.6 is 0 Å². The zero-order chi connectivity index (χ0) is 30.3. The summed E-state index contributed by atoms with van der Waals surface area (Å²) in [6.07, 6.45) is 8.04. The molecule has 1 fully saturated rings. The molecule has 0 heterocycles. The number of carbonyl (C=O) groups excluding carboxylic acids is 2. The number of rotatable bonds is 10. The predicted octanol–water partition coefficient (Wildman–Crippen LogP) is 0.770. The van der Waals surface area contributed by atoms with Gasteiger partial charge in [0, 0.05) is 18.5 Å². The Balaban J connectivity index is 0.000000223. The van der Waals surface area contributed by atoms with E-state index in [2.05, 4.69) is 40.2 Å². The van der Waals surface area contributed by atoms with Gasteiger partial charge < -0.3 is 31.7 Å². The fourth-order valence-electron chi connectivity index (χ4n) is 4.71. The maximum Gasteiger partial charge on any atom is 0.475 e. The van der Waals surface area contributed by atoms with Gasteiger partial charge in [0.2, 0.25) is 12.3 Å². The molecule has 2 aliphatic rings. The Morgan fingerprint density at radius 3 is 2.07 bits per heavy atom. The summed E-state index contributed by atoms with van der Waals surface area (Å²) in [5.74, 6) is -0.227. The van der Waals surface area contributed by atoms with Crippen LogP contribution in [0.25, 0.3) is 0 Å². The molecule has 2 aromatic rings. The highest BCUT2D eigenvalue weighted by molar-refractivity contribution is 7.85. The van der Waals surface area contributed by atoms with Crippen molar-refractivity contribution in [3.63, 3.8) is 0 Å². The maximum absolute atomic E-state index is 12.0. The van der Waals surface area contributed by atoms with E-state index >= 15 is 0 Å². The average Bonchev–Trinajstić information content (AvgIpc) is 3.61. The van der Waals surface area contributed by atoms with E-state index in [0.717, 1.165) is 25.7 Å². The Labute approximate surface area is 241 Å². The van der Waals surface area contributed by atoms with E-state index in [9.17, 15) is 18.0 Å². The number of hydrogen-bond acceptors (Lipinski definition) is 7. The van der Waals surface area contributed by atoms with E-state index in [1.807, 2.05) is 0 Å². The van der Waals surface area contributed by atoms with E-state index < -0.39 is 23.2 Å². The second-order valence-corrected chi connectivity index (χ2v) is 11.4. The SMILES string of the molecule is N=C(N)NCCCC(NC=O)B(O)O.O=C(NC1Cc2ccccc2C1)C1CCCC1.O=S(=O)(O)c1ccccc1. The van der Waals surface area contributed by atoms with Gasteiger partial charge in [0.25, 0.3) is 10.1 Å². The molecule has 4 rings (SSSR count). The highest BCUT2D eigenvalue weighted by Crippen LogP contribution is 2.26. The van der Waals surface area contributed by atoms with Crippen molar-refractivity contribution in [3.05, 3.63) is 65.7 Å². The van der Waals surface area contributed by atoms with Crippen LogP contribution in [-0.2, 0) is 32.5 Å². The van der Waals surface area contributed by atoms with Crippen LogP contribution in [0.4, 0.5) is 0 Å². The quantitative estimate of drug-likeness (QED) is 0.0490. The minimum atomic E-state index is -4.00. The third-order valence-corrected chi connectivity index (χ3v) is 7.68. The van der Waals surface area contributed by atoms with Gasteiger partial charge in [-0.05, 0) is 61.8 Å². The van der Waals surface area contributed by atoms with Gasteiger partial charge in [-0.1, -0.05) is 55.3 Å². The van der Waals surface area contributed by atoms with Gasteiger partial charge in [-0.2, -0.15) is 8.42 Å². The summed E-state index contributed by atoms with van der Waals surface area (Å²) in [6, 6.07) is 16.3. The lowest BCUT2D eigenvalue weighted by Gasteiger charge is -2.15. The van der Waals surface area contributed by atoms with Crippen LogP contribution in [0.1, 0.15) is 49.7 Å². The van der Waals surface area contributed by atoms with Crippen molar-refractivity contribution in [3.8, 4) is 0 Å². The molecule has 2 aliphatic carbocycles. The van der Waals surface area contributed by atoms with E-state index in [1.54, 1.807) is 18.2 Å². The third-order valence-electron chi connectivity index (χ3n) is 6.81. The molecule has 41 heavy (non-hydrogen) atoms. The van der Waals surface area contributed by atoms with Crippen LogP contribution in [0.15, 0.2) is 59.5 Å². The summed E-state index contributed by atoms with van der Waals surface area (Å²) >= 11 is 0. The fourth-order valence-corrected chi connectivity index (χ4v) is 5.21. The summed E-state index contributed by atoms with van der Waals surface area (Å²) in [5.41, 5.74) is 7.84. The summed E-state index contributed by atoms with van der Waals surface area (Å²) in [7, 11) is -5.57. The van der Waals surface area contributed by atoms with Crippen LogP contribution in [-0.4, -0.2) is 66.9 Å². The average molecular weight is 590 g/mol. The van der Waals surface area contributed by atoms with Gasteiger partial charge in [-0.3, -0.25) is 19.6 Å². The van der Waals surface area contributed by atoms with Crippen molar-refractivity contribution in [2.75, 3.05) is 6.54 Å². The van der Waals surface area contributed by atoms with Gasteiger partial charge in [0.15, 0.2) is 5.96 Å². The molecule has 9 N–H and O–H groups in total. The molecule has 0 aromatic heterocycles. The molecule has 1 saturated carbocycles. The van der Waals surface area contributed by atoms with Crippen LogP contribution in [0, 0.1) is 11.3 Å². The number of nitrogens with one attached hydrogen (secondary N) is 4. The summed E-state index contributed by atoms with van der Waals surface area (Å²) < 4.78 is 29.2. The molecule has 0 spiro atoms. The number of fused-ring (bicyclic) bond motifs is 1. The molecule has 2 amide bonds. The minimum absolute atomic E-state index is 0.0741. The highest BCUT2D eigenvalue weighted by Gasteiger charge is 2.27. The van der Waals surface area contributed by atoms with Gasteiger partial charge in [0.05, 0.1) is 10.8 Å². The van der Waals surface area contributed by atoms with E-state index in [-0.39, 0.29) is 10.9 Å². The zero-order valence-electron chi connectivity index (χ0n) is 22.9. The molecule has 0 saturated heterocycles. The van der Waals surface area contributed by atoms with Gasteiger partial charge in [-0.15, -0.1) is 0 Å². The van der Waals surface area contributed by atoms with Crippen LogP contribution in [0.3, 0.4) is 0 Å². The van der Waals surface area contributed by atoms with Gasteiger partial charge >= 0.3 is 7.12 Å². The first-order valence-corrected chi connectivity index (χ1v) is 15.0. The number of amides is 2. The van der Waals surface area contributed by atoms with E-state index in [0.29, 0.717) is 43.7 Å². The molecular weight excluding hydrogens is 549 g/mol. The Morgan fingerprint density at radius 1 is 1.05 bits per heavy atom. The van der Waals surface area contributed by atoms with Crippen molar-refractivity contribution in [1.29, 1.82) is 5.41 Å². The molecule has 14 heteroatoms. The van der Waals surface area contributed by atoms with Gasteiger partial charge in [0.1, 0.15) is 0 Å². The zero-order valence-corrected chi connectivity index (χ0v) is 23.7. The number of hydrogen-bond donors (Lipinski definition) is 8. The molecule has 224 valence electrons. The van der Waals surface area contributed by atoms with Crippen molar-refractivity contribution in [2.45, 2.75) is 68.2 Å². The number of guanidine groups is 1. The molecule has 0 radical (unpaired) electrons. The number of carbonyl (C=O) groups is 2.